The lowest BCUT2D eigenvalue weighted by atomic mass is 10.2. The molecule has 15 heavy (non-hydrogen) atoms. The van der Waals surface area contributed by atoms with Crippen molar-refractivity contribution in [2.75, 3.05) is 19.7 Å². The molecule has 0 spiro atoms. The summed E-state index contributed by atoms with van der Waals surface area (Å²) in [6, 6.07) is 0. The Balaban J connectivity index is 3.76. The molecule has 0 fully saturated rings. The minimum atomic E-state index is 0.0727. The Morgan fingerprint density at radius 2 is 1.80 bits per heavy atom. The molecule has 1 amide bonds. The Bertz CT molecular complexity index is 160. The van der Waals surface area contributed by atoms with Crippen LogP contribution < -0.4 is 0 Å². The summed E-state index contributed by atoms with van der Waals surface area (Å²) in [6.45, 7) is 5.55. The Morgan fingerprint density at radius 3 is 2.33 bits per heavy atom. The summed E-state index contributed by atoms with van der Waals surface area (Å²) >= 11 is 0. The molecule has 0 saturated carbocycles. The molecule has 0 radical (unpaired) electrons. The van der Waals surface area contributed by atoms with Crippen LogP contribution in [0.15, 0.2) is 0 Å². The fourth-order valence-corrected chi connectivity index (χ4v) is 1.58. The van der Waals surface area contributed by atoms with Gasteiger partial charge in [0.05, 0.1) is 6.61 Å². The van der Waals surface area contributed by atoms with Gasteiger partial charge in [-0.2, -0.15) is 0 Å². The van der Waals surface area contributed by atoms with Crippen LogP contribution in [-0.4, -0.2) is 35.6 Å². The van der Waals surface area contributed by atoms with E-state index in [1.54, 1.807) is 4.90 Å². The van der Waals surface area contributed by atoms with E-state index in [1.807, 2.05) is 6.92 Å². The number of rotatable bonds is 9. The zero-order chi connectivity index (χ0) is 11.5. The van der Waals surface area contributed by atoms with Crippen LogP contribution in [0.5, 0.6) is 0 Å². The second kappa shape index (κ2) is 9.97. The van der Waals surface area contributed by atoms with Gasteiger partial charge in [-0.05, 0) is 12.8 Å². The summed E-state index contributed by atoms with van der Waals surface area (Å²) in [7, 11) is 0. The van der Waals surface area contributed by atoms with Gasteiger partial charge in [0.1, 0.15) is 0 Å². The van der Waals surface area contributed by atoms with Gasteiger partial charge in [0.25, 0.3) is 0 Å². The highest BCUT2D eigenvalue weighted by Gasteiger charge is 2.10. The molecule has 0 unspecified atom stereocenters. The first-order valence-electron chi connectivity index (χ1n) is 6.14. The summed E-state index contributed by atoms with van der Waals surface area (Å²) < 4.78 is 0. The maximum atomic E-state index is 11.6. The number of amides is 1. The monoisotopic (exact) mass is 215 g/mol. The van der Waals surface area contributed by atoms with E-state index >= 15 is 0 Å². The fourth-order valence-electron chi connectivity index (χ4n) is 1.58. The van der Waals surface area contributed by atoms with E-state index < -0.39 is 0 Å². The number of nitrogens with zero attached hydrogens (tertiary/aromatic N) is 1. The lowest BCUT2D eigenvalue weighted by Crippen LogP contribution is -2.34. The first-order valence-corrected chi connectivity index (χ1v) is 6.14. The molecule has 0 atom stereocenters. The van der Waals surface area contributed by atoms with Crippen molar-refractivity contribution in [1.82, 2.24) is 4.90 Å². The molecule has 0 aromatic carbocycles. The van der Waals surface area contributed by atoms with Gasteiger partial charge < -0.3 is 10.0 Å². The van der Waals surface area contributed by atoms with E-state index in [1.165, 1.54) is 19.3 Å². The van der Waals surface area contributed by atoms with Crippen LogP contribution in [-0.2, 0) is 4.79 Å². The predicted octanol–water partition coefficient (Wildman–Crippen LogP) is 2.19. The molecule has 0 saturated heterocycles. The van der Waals surface area contributed by atoms with Crippen molar-refractivity contribution in [2.45, 2.75) is 52.4 Å². The molecule has 0 aliphatic heterocycles. The number of aliphatic hydroxyl groups excluding tert-OH is 1. The molecule has 0 aliphatic carbocycles. The first kappa shape index (κ1) is 14.4. The highest BCUT2D eigenvalue weighted by molar-refractivity contribution is 5.76. The van der Waals surface area contributed by atoms with E-state index in [2.05, 4.69) is 6.92 Å². The number of hydrogen-bond acceptors (Lipinski definition) is 2. The number of unbranched alkanes of at least 4 members (excludes halogenated alkanes) is 3. The molecule has 0 bridgehead atoms. The van der Waals surface area contributed by atoms with Crippen molar-refractivity contribution in [3.63, 3.8) is 0 Å². The largest absolute Gasteiger partial charge is 0.395 e. The SMILES string of the molecule is CCCCCCN(CCO)C(=O)CCC. The van der Waals surface area contributed by atoms with Gasteiger partial charge in [0.15, 0.2) is 0 Å². The number of aliphatic hydroxyl groups is 1. The van der Waals surface area contributed by atoms with Crippen molar-refractivity contribution >= 4 is 5.91 Å². The van der Waals surface area contributed by atoms with Crippen LogP contribution in [0.1, 0.15) is 52.4 Å². The van der Waals surface area contributed by atoms with Gasteiger partial charge in [0, 0.05) is 19.5 Å². The van der Waals surface area contributed by atoms with Gasteiger partial charge in [0.2, 0.25) is 5.91 Å². The van der Waals surface area contributed by atoms with Crippen molar-refractivity contribution in [3.05, 3.63) is 0 Å². The van der Waals surface area contributed by atoms with E-state index in [4.69, 9.17) is 5.11 Å². The number of carbonyl (C=O) groups is 1. The quantitative estimate of drug-likeness (QED) is 0.599. The maximum Gasteiger partial charge on any atom is 0.222 e. The summed E-state index contributed by atoms with van der Waals surface area (Å²) in [5.41, 5.74) is 0. The average molecular weight is 215 g/mol. The smallest absolute Gasteiger partial charge is 0.222 e. The second-order valence-electron chi connectivity index (χ2n) is 3.92. The Labute approximate surface area is 93.5 Å². The average Bonchev–Trinajstić information content (AvgIpc) is 2.23. The molecule has 0 aromatic heterocycles. The van der Waals surface area contributed by atoms with Crippen LogP contribution in [0.4, 0.5) is 0 Å². The molecule has 0 rings (SSSR count). The van der Waals surface area contributed by atoms with E-state index in [-0.39, 0.29) is 12.5 Å². The summed E-state index contributed by atoms with van der Waals surface area (Å²) in [6.07, 6.45) is 6.17. The molecule has 0 aromatic rings. The van der Waals surface area contributed by atoms with Crippen LogP contribution in [0, 0.1) is 0 Å². The van der Waals surface area contributed by atoms with Gasteiger partial charge in [-0.3, -0.25) is 4.79 Å². The zero-order valence-electron chi connectivity index (χ0n) is 10.2. The highest BCUT2D eigenvalue weighted by atomic mass is 16.3. The lowest BCUT2D eigenvalue weighted by Gasteiger charge is -2.21. The van der Waals surface area contributed by atoms with Crippen molar-refractivity contribution in [1.29, 1.82) is 0 Å². The highest BCUT2D eigenvalue weighted by Crippen LogP contribution is 2.03. The Kier molecular flexibility index (Phi) is 9.59. The van der Waals surface area contributed by atoms with Gasteiger partial charge >= 0.3 is 0 Å². The third kappa shape index (κ3) is 7.37. The minimum absolute atomic E-state index is 0.0727. The predicted molar refractivity (Wildman–Crippen MR) is 62.7 cm³/mol. The topological polar surface area (TPSA) is 40.5 Å². The summed E-state index contributed by atoms with van der Waals surface area (Å²) in [5, 5.41) is 8.86. The molecule has 3 nitrogen and oxygen atoms in total. The normalized spacial score (nSPS) is 10.3. The van der Waals surface area contributed by atoms with Crippen LogP contribution in [0.3, 0.4) is 0 Å². The number of hydrogen-bond donors (Lipinski definition) is 1. The third-order valence-electron chi connectivity index (χ3n) is 2.47. The van der Waals surface area contributed by atoms with Gasteiger partial charge in [-0.25, -0.2) is 0 Å². The molecular formula is C12H25NO2. The van der Waals surface area contributed by atoms with Crippen molar-refractivity contribution in [2.24, 2.45) is 0 Å². The molecule has 0 heterocycles. The molecule has 90 valence electrons. The van der Waals surface area contributed by atoms with E-state index in [9.17, 15) is 4.79 Å². The van der Waals surface area contributed by atoms with Gasteiger partial charge in [-0.1, -0.05) is 33.1 Å². The Morgan fingerprint density at radius 1 is 1.07 bits per heavy atom. The van der Waals surface area contributed by atoms with E-state index in [0.717, 1.165) is 19.4 Å². The molecule has 1 N–H and O–H groups in total. The second-order valence-corrected chi connectivity index (χ2v) is 3.92. The number of carbonyl (C=O) groups excluding carboxylic acids is 1. The van der Waals surface area contributed by atoms with E-state index in [0.29, 0.717) is 13.0 Å². The van der Waals surface area contributed by atoms with Crippen molar-refractivity contribution < 1.29 is 9.90 Å². The Hall–Kier alpha value is -0.570. The fraction of sp³-hybridized carbons (Fsp3) is 0.917. The van der Waals surface area contributed by atoms with Crippen LogP contribution >= 0.6 is 0 Å². The lowest BCUT2D eigenvalue weighted by molar-refractivity contribution is -0.131. The molecule has 0 aliphatic rings. The molecular weight excluding hydrogens is 190 g/mol. The van der Waals surface area contributed by atoms with Crippen LogP contribution in [0.2, 0.25) is 0 Å². The summed E-state index contributed by atoms with van der Waals surface area (Å²) in [4.78, 5) is 13.4. The van der Waals surface area contributed by atoms with Crippen LogP contribution in [0.25, 0.3) is 0 Å². The zero-order valence-corrected chi connectivity index (χ0v) is 10.2. The van der Waals surface area contributed by atoms with Crippen molar-refractivity contribution in [3.8, 4) is 0 Å². The third-order valence-corrected chi connectivity index (χ3v) is 2.47. The minimum Gasteiger partial charge on any atom is -0.395 e. The maximum absolute atomic E-state index is 11.6. The summed E-state index contributed by atoms with van der Waals surface area (Å²) in [5.74, 6) is 0.183. The molecule has 3 heteroatoms. The first-order chi connectivity index (χ1) is 7.26. The van der Waals surface area contributed by atoms with Gasteiger partial charge in [-0.15, -0.1) is 0 Å². The standard InChI is InChI=1S/C12H25NO2/c1-3-5-6-7-9-13(10-11-14)12(15)8-4-2/h14H,3-11H2,1-2H3.